The number of aromatic carboxylic acids is 1. The van der Waals surface area contributed by atoms with Crippen molar-refractivity contribution in [3.05, 3.63) is 27.7 Å². The number of hydrazone groups is 1. The van der Waals surface area contributed by atoms with E-state index in [1.165, 1.54) is 0 Å². The van der Waals surface area contributed by atoms with Crippen LogP contribution in [-0.2, 0) is 10.0 Å². The topological polar surface area (TPSA) is 148 Å². The van der Waals surface area contributed by atoms with Crippen molar-refractivity contribution in [3.8, 4) is 0 Å². The third-order valence-electron chi connectivity index (χ3n) is 1.84. The minimum Gasteiger partial charge on any atom is -0.478 e. The lowest BCUT2D eigenvalue weighted by Crippen LogP contribution is -2.29. The number of rotatable bonds is 4. The highest BCUT2D eigenvalue weighted by Gasteiger charge is 2.22. The zero-order chi connectivity index (χ0) is 14.8. The van der Waals surface area contributed by atoms with Crippen LogP contribution in [-0.4, -0.2) is 25.5 Å². The quantitative estimate of drug-likeness (QED) is 0.352. The number of sulfonamides is 1. The van der Waals surface area contributed by atoms with Crippen molar-refractivity contribution in [2.75, 3.05) is 0 Å². The first-order chi connectivity index (χ1) is 8.65. The van der Waals surface area contributed by atoms with Gasteiger partial charge in [0, 0.05) is 0 Å². The van der Waals surface area contributed by atoms with E-state index in [-0.39, 0.29) is 10.0 Å². The molecule has 0 aromatic heterocycles. The SMILES string of the molecule is NC(N)=NNS(=O)(=O)c1cc(C(=O)O)c(Cl)cc1Cl. The van der Waals surface area contributed by atoms with Crippen LogP contribution in [0.15, 0.2) is 22.1 Å². The third-order valence-corrected chi connectivity index (χ3v) is 3.82. The summed E-state index contributed by atoms with van der Waals surface area (Å²) in [5, 5.41) is 11.5. The molecule has 0 amide bonds. The van der Waals surface area contributed by atoms with Crippen LogP contribution in [0.3, 0.4) is 0 Å². The van der Waals surface area contributed by atoms with E-state index in [1.54, 1.807) is 4.83 Å². The van der Waals surface area contributed by atoms with E-state index in [1.807, 2.05) is 0 Å². The van der Waals surface area contributed by atoms with Gasteiger partial charge in [0.15, 0.2) is 0 Å². The van der Waals surface area contributed by atoms with Gasteiger partial charge in [0.1, 0.15) is 4.90 Å². The van der Waals surface area contributed by atoms with Gasteiger partial charge in [0.25, 0.3) is 10.0 Å². The van der Waals surface area contributed by atoms with E-state index in [0.29, 0.717) is 0 Å². The van der Waals surface area contributed by atoms with E-state index >= 15 is 0 Å². The monoisotopic (exact) mass is 326 g/mol. The second-order valence-electron chi connectivity index (χ2n) is 3.20. The smallest absolute Gasteiger partial charge is 0.337 e. The normalized spacial score (nSPS) is 10.8. The molecular formula is C8H8Cl2N4O4S. The highest BCUT2D eigenvalue weighted by molar-refractivity contribution is 7.89. The van der Waals surface area contributed by atoms with E-state index in [4.69, 9.17) is 39.8 Å². The Balaban J connectivity index is 3.38. The van der Waals surface area contributed by atoms with Gasteiger partial charge in [-0.3, -0.25) is 0 Å². The average Bonchev–Trinajstić information content (AvgIpc) is 2.25. The zero-order valence-corrected chi connectivity index (χ0v) is 11.4. The fourth-order valence-electron chi connectivity index (χ4n) is 1.06. The maximum absolute atomic E-state index is 11.8. The van der Waals surface area contributed by atoms with Gasteiger partial charge < -0.3 is 16.6 Å². The molecule has 0 aliphatic rings. The second kappa shape index (κ2) is 5.51. The molecule has 8 nitrogen and oxygen atoms in total. The van der Waals surface area contributed by atoms with Crippen molar-refractivity contribution in [2.45, 2.75) is 4.90 Å². The minimum absolute atomic E-state index is 0.196. The molecule has 0 saturated carbocycles. The van der Waals surface area contributed by atoms with Gasteiger partial charge in [0.2, 0.25) is 5.96 Å². The largest absolute Gasteiger partial charge is 0.478 e. The van der Waals surface area contributed by atoms with Crippen molar-refractivity contribution in [3.63, 3.8) is 0 Å². The van der Waals surface area contributed by atoms with Gasteiger partial charge in [-0.25, -0.2) is 4.79 Å². The molecule has 0 radical (unpaired) electrons. The van der Waals surface area contributed by atoms with Crippen molar-refractivity contribution in [2.24, 2.45) is 16.6 Å². The van der Waals surface area contributed by atoms with Crippen molar-refractivity contribution in [1.82, 2.24) is 4.83 Å². The number of hydrogen-bond donors (Lipinski definition) is 4. The number of nitrogens with two attached hydrogens (primary N) is 2. The van der Waals surface area contributed by atoms with Crippen LogP contribution < -0.4 is 16.3 Å². The molecule has 0 atom stereocenters. The number of nitrogens with one attached hydrogen (secondary N) is 1. The first-order valence-corrected chi connectivity index (χ1v) is 6.72. The lowest BCUT2D eigenvalue weighted by Gasteiger charge is -2.08. The summed E-state index contributed by atoms with van der Waals surface area (Å²) in [6, 6.07) is 1.80. The first kappa shape index (κ1) is 15.3. The molecule has 0 aliphatic heterocycles. The molecule has 104 valence electrons. The Labute approximate surface area is 118 Å². The Bertz CT molecular complexity index is 655. The lowest BCUT2D eigenvalue weighted by molar-refractivity contribution is 0.0697. The van der Waals surface area contributed by atoms with Crippen molar-refractivity contribution in [1.29, 1.82) is 0 Å². The molecule has 1 aromatic rings. The summed E-state index contributed by atoms with van der Waals surface area (Å²) in [6.45, 7) is 0. The molecule has 1 rings (SSSR count). The third kappa shape index (κ3) is 3.63. The number of hydrogen-bond acceptors (Lipinski definition) is 4. The van der Waals surface area contributed by atoms with Crippen LogP contribution in [0.4, 0.5) is 0 Å². The summed E-state index contributed by atoms with van der Waals surface area (Å²) in [4.78, 5) is 12.0. The average molecular weight is 327 g/mol. The van der Waals surface area contributed by atoms with Crippen LogP contribution in [0.2, 0.25) is 10.0 Å². The molecule has 0 spiro atoms. The van der Waals surface area contributed by atoms with E-state index in [0.717, 1.165) is 12.1 Å². The van der Waals surface area contributed by atoms with E-state index in [9.17, 15) is 13.2 Å². The number of carboxylic acids is 1. The number of carbonyl (C=O) groups is 1. The van der Waals surface area contributed by atoms with Crippen LogP contribution in [0, 0.1) is 0 Å². The Hall–Kier alpha value is -1.71. The number of benzene rings is 1. The van der Waals surface area contributed by atoms with Crippen LogP contribution in [0.1, 0.15) is 10.4 Å². The molecule has 11 heteroatoms. The standard InChI is InChI=1S/C8H8Cl2N4O4S/c9-4-2-5(10)6(1-3(4)7(15)16)19(17,18)14-13-8(11)12/h1-2,14H,(H,15,16)(H4,11,12,13). The maximum Gasteiger partial charge on any atom is 0.337 e. The van der Waals surface area contributed by atoms with Crippen LogP contribution >= 0.6 is 23.2 Å². The molecule has 19 heavy (non-hydrogen) atoms. The number of guanidine groups is 1. The number of nitrogens with zero attached hydrogens (tertiary/aromatic N) is 1. The Morgan fingerprint density at radius 2 is 1.84 bits per heavy atom. The Morgan fingerprint density at radius 1 is 1.26 bits per heavy atom. The zero-order valence-electron chi connectivity index (χ0n) is 9.09. The van der Waals surface area contributed by atoms with Gasteiger partial charge in [-0.15, -0.1) is 5.10 Å². The predicted octanol–water partition coefficient (Wildman–Crippen LogP) is 0.158. The van der Waals surface area contributed by atoms with Gasteiger partial charge in [0.05, 0.1) is 15.6 Å². The van der Waals surface area contributed by atoms with E-state index in [2.05, 4.69) is 5.10 Å². The number of carboxylic acid groups (broad SMARTS) is 1. The molecule has 0 heterocycles. The minimum atomic E-state index is -4.21. The summed E-state index contributed by atoms with van der Waals surface area (Å²) >= 11 is 11.3. The van der Waals surface area contributed by atoms with Crippen molar-refractivity contribution >= 4 is 45.2 Å². The molecule has 0 unspecified atom stereocenters. The van der Waals surface area contributed by atoms with E-state index < -0.39 is 32.4 Å². The molecule has 6 N–H and O–H groups in total. The molecule has 0 fully saturated rings. The summed E-state index contributed by atoms with van der Waals surface area (Å²) in [5.41, 5.74) is 9.52. The maximum atomic E-state index is 11.8. The van der Waals surface area contributed by atoms with Crippen LogP contribution in [0.5, 0.6) is 0 Å². The Kier molecular flexibility index (Phi) is 4.45. The molecule has 1 aromatic carbocycles. The Morgan fingerprint density at radius 3 is 2.32 bits per heavy atom. The first-order valence-electron chi connectivity index (χ1n) is 4.48. The highest BCUT2D eigenvalue weighted by atomic mass is 35.5. The fraction of sp³-hybridized carbons (Fsp3) is 0. The number of halogens is 2. The molecule has 0 bridgehead atoms. The van der Waals surface area contributed by atoms with Gasteiger partial charge in [-0.2, -0.15) is 13.2 Å². The summed E-state index contributed by atoms with van der Waals surface area (Å²) in [6.07, 6.45) is 0. The predicted molar refractivity (Wildman–Crippen MR) is 69.6 cm³/mol. The lowest BCUT2D eigenvalue weighted by atomic mass is 10.2. The van der Waals surface area contributed by atoms with Crippen molar-refractivity contribution < 1.29 is 18.3 Å². The summed E-state index contributed by atoms with van der Waals surface area (Å²) < 4.78 is 23.6. The van der Waals surface area contributed by atoms with Gasteiger partial charge in [-0.1, -0.05) is 23.2 Å². The second-order valence-corrected chi connectivity index (χ2v) is 5.64. The molecule has 0 saturated heterocycles. The molecular weight excluding hydrogens is 319 g/mol. The highest BCUT2D eigenvalue weighted by Crippen LogP contribution is 2.28. The van der Waals surface area contributed by atoms with Gasteiger partial charge >= 0.3 is 5.97 Å². The van der Waals surface area contributed by atoms with Crippen LogP contribution in [0.25, 0.3) is 0 Å². The fourth-order valence-corrected chi connectivity index (χ4v) is 2.74. The van der Waals surface area contributed by atoms with Gasteiger partial charge in [-0.05, 0) is 12.1 Å². The summed E-state index contributed by atoms with van der Waals surface area (Å²) in [5.74, 6) is -1.92. The summed E-state index contributed by atoms with van der Waals surface area (Å²) in [7, 11) is -4.21. The molecule has 0 aliphatic carbocycles.